The first-order valence-electron chi connectivity index (χ1n) is 6.17. The van der Waals surface area contributed by atoms with E-state index < -0.39 is 5.97 Å². The summed E-state index contributed by atoms with van der Waals surface area (Å²) in [6.07, 6.45) is 0. The van der Waals surface area contributed by atoms with Crippen LogP contribution in [0.25, 0.3) is 5.69 Å². The number of aryl methyl sites for hydroxylation is 1. The number of ether oxygens (including phenoxy) is 1. The molecule has 1 aromatic carbocycles. The van der Waals surface area contributed by atoms with Crippen LogP contribution in [0.1, 0.15) is 21.6 Å². The summed E-state index contributed by atoms with van der Waals surface area (Å²) in [6.45, 7) is 3.19. The fourth-order valence-electron chi connectivity index (χ4n) is 2.32. The summed E-state index contributed by atoms with van der Waals surface area (Å²) < 4.78 is 6.39. The van der Waals surface area contributed by atoms with Crippen LogP contribution in [-0.4, -0.2) is 22.8 Å². The molecule has 0 unspecified atom stereocenters. The van der Waals surface area contributed by atoms with Crippen molar-refractivity contribution >= 4 is 17.6 Å². The summed E-state index contributed by atoms with van der Waals surface area (Å²) in [5, 5.41) is 9.63. The molecule has 0 aliphatic carbocycles. The summed E-state index contributed by atoms with van der Waals surface area (Å²) in [5.74, 6) is -0.588. The molecule has 0 amide bonds. The van der Waals surface area contributed by atoms with Crippen LogP contribution >= 0.6 is 11.6 Å². The SMILES string of the molecule is COc1ccc(-n2c(C)c(C(=O)O)c(C)cc2=O)cc1Cl. The highest BCUT2D eigenvalue weighted by Gasteiger charge is 2.17. The molecule has 110 valence electrons. The van der Waals surface area contributed by atoms with Crippen molar-refractivity contribution in [3.8, 4) is 11.4 Å². The molecule has 0 saturated heterocycles. The number of carboxylic acid groups (broad SMARTS) is 1. The van der Waals surface area contributed by atoms with Crippen molar-refractivity contribution in [1.82, 2.24) is 4.57 Å². The van der Waals surface area contributed by atoms with Crippen molar-refractivity contribution in [2.75, 3.05) is 7.11 Å². The minimum Gasteiger partial charge on any atom is -0.495 e. The third-order valence-electron chi connectivity index (χ3n) is 3.26. The quantitative estimate of drug-likeness (QED) is 0.946. The number of hydrogen-bond acceptors (Lipinski definition) is 3. The first-order valence-corrected chi connectivity index (χ1v) is 6.55. The lowest BCUT2D eigenvalue weighted by Gasteiger charge is -2.15. The van der Waals surface area contributed by atoms with Gasteiger partial charge in [-0.15, -0.1) is 0 Å². The van der Waals surface area contributed by atoms with Crippen LogP contribution in [0.5, 0.6) is 5.75 Å². The predicted octanol–water partition coefficient (Wildman–Crippen LogP) is 2.81. The summed E-state index contributed by atoms with van der Waals surface area (Å²) in [7, 11) is 1.49. The highest BCUT2D eigenvalue weighted by Crippen LogP contribution is 2.27. The molecule has 6 heteroatoms. The molecule has 0 bridgehead atoms. The third-order valence-corrected chi connectivity index (χ3v) is 3.55. The Morgan fingerprint density at radius 3 is 2.48 bits per heavy atom. The van der Waals surface area contributed by atoms with Crippen molar-refractivity contribution in [1.29, 1.82) is 0 Å². The van der Waals surface area contributed by atoms with Crippen LogP contribution < -0.4 is 10.3 Å². The van der Waals surface area contributed by atoms with E-state index in [0.29, 0.717) is 27.7 Å². The highest BCUT2D eigenvalue weighted by molar-refractivity contribution is 6.32. The van der Waals surface area contributed by atoms with Crippen LogP contribution in [0.4, 0.5) is 0 Å². The lowest BCUT2D eigenvalue weighted by Crippen LogP contribution is -2.24. The van der Waals surface area contributed by atoms with E-state index in [0.717, 1.165) is 0 Å². The summed E-state index contributed by atoms with van der Waals surface area (Å²) >= 11 is 6.06. The predicted molar refractivity (Wildman–Crippen MR) is 80.0 cm³/mol. The molecule has 2 rings (SSSR count). The Morgan fingerprint density at radius 2 is 1.95 bits per heavy atom. The minimum atomic E-state index is -1.07. The van der Waals surface area contributed by atoms with Crippen LogP contribution in [0.2, 0.25) is 5.02 Å². The molecular formula is C15H14ClNO4. The number of halogens is 1. The standard InChI is InChI=1S/C15H14ClNO4/c1-8-6-13(18)17(9(2)14(8)15(19)20)10-4-5-12(21-3)11(16)7-10/h4-7H,1-3H3,(H,19,20). The molecule has 21 heavy (non-hydrogen) atoms. The second kappa shape index (κ2) is 5.61. The number of carboxylic acids is 1. The van der Waals surface area contributed by atoms with Gasteiger partial charge < -0.3 is 9.84 Å². The maximum absolute atomic E-state index is 12.2. The Hall–Kier alpha value is -2.27. The number of hydrogen-bond donors (Lipinski definition) is 1. The smallest absolute Gasteiger partial charge is 0.337 e. The number of pyridine rings is 1. The summed E-state index contributed by atoms with van der Waals surface area (Å²) in [6, 6.07) is 6.15. The molecule has 1 aromatic heterocycles. The largest absolute Gasteiger partial charge is 0.495 e. The van der Waals surface area contributed by atoms with Crippen molar-refractivity contribution in [2.24, 2.45) is 0 Å². The molecule has 0 saturated carbocycles. The zero-order valence-corrected chi connectivity index (χ0v) is 12.6. The van der Waals surface area contributed by atoms with E-state index >= 15 is 0 Å². The second-order valence-electron chi connectivity index (χ2n) is 4.59. The third kappa shape index (κ3) is 2.64. The fraction of sp³-hybridized carbons (Fsp3) is 0.200. The highest BCUT2D eigenvalue weighted by atomic mass is 35.5. The van der Waals surface area contributed by atoms with Gasteiger partial charge in [0.1, 0.15) is 5.75 Å². The van der Waals surface area contributed by atoms with E-state index in [9.17, 15) is 14.7 Å². The summed E-state index contributed by atoms with van der Waals surface area (Å²) in [4.78, 5) is 23.5. The van der Waals surface area contributed by atoms with E-state index in [1.165, 1.54) is 17.7 Å². The number of rotatable bonds is 3. The lowest BCUT2D eigenvalue weighted by molar-refractivity contribution is 0.0694. The maximum atomic E-state index is 12.2. The Balaban J connectivity index is 2.75. The molecule has 0 spiro atoms. The van der Waals surface area contributed by atoms with Gasteiger partial charge in [0.25, 0.3) is 5.56 Å². The topological polar surface area (TPSA) is 68.5 Å². The molecular weight excluding hydrogens is 294 g/mol. The van der Waals surface area contributed by atoms with Gasteiger partial charge in [-0.25, -0.2) is 4.79 Å². The first kappa shape index (κ1) is 15.1. The van der Waals surface area contributed by atoms with Crippen molar-refractivity contribution in [3.63, 3.8) is 0 Å². The molecule has 0 atom stereocenters. The second-order valence-corrected chi connectivity index (χ2v) is 4.99. The number of methoxy groups -OCH3 is 1. The number of aromatic nitrogens is 1. The van der Waals surface area contributed by atoms with Gasteiger partial charge in [-0.05, 0) is 37.6 Å². The van der Waals surface area contributed by atoms with Crippen LogP contribution in [-0.2, 0) is 0 Å². The molecule has 1 N–H and O–H groups in total. The molecule has 0 radical (unpaired) electrons. The van der Waals surface area contributed by atoms with Gasteiger partial charge >= 0.3 is 5.97 Å². The van der Waals surface area contributed by atoms with Crippen LogP contribution in [0, 0.1) is 13.8 Å². The number of benzene rings is 1. The monoisotopic (exact) mass is 307 g/mol. The average Bonchev–Trinajstić information content (AvgIpc) is 2.37. The minimum absolute atomic E-state index is 0.113. The summed E-state index contributed by atoms with van der Waals surface area (Å²) in [5.41, 5.74) is 1.08. The van der Waals surface area contributed by atoms with Crippen LogP contribution in [0.3, 0.4) is 0 Å². The van der Waals surface area contributed by atoms with E-state index in [1.54, 1.807) is 32.0 Å². The van der Waals surface area contributed by atoms with Crippen LogP contribution in [0.15, 0.2) is 29.1 Å². The van der Waals surface area contributed by atoms with Gasteiger partial charge in [-0.1, -0.05) is 11.6 Å². The zero-order chi connectivity index (χ0) is 15.7. The lowest BCUT2D eigenvalue weighted by atomic mass is 10.1. The van der Waals surface area contributed by atoms with Gasteiger partial charge in [-0.2, -0.15) is 0 Å². The zero-order valence-electron chi connectivity index (χ0n) is 11.8. The normalized spacial score (nSPS) is 10.5. The van der Waals surface area contributed by atoms with Crippen molar-refractivity contribution in [2.45, 2.75) is 13.8 Å². The fourth-order valence-corrected chi connectivity index (χ4v) is 2.58. The Bertz CT molecular complexity index is 780. The number of aromatic carboxylic acids is 1. The van der Waals surface area contributed by atoms with Crippen molar-refractivity contribution in [3.05, 3.63) is 56.5 Å². The van der Waals surface area contributed by atoms with E-state index in [1.807, 2.05) is 0 Å². The molecule has 0 aliphatic heterocycles. The molecule has 0 fully saturated rings. The van der Waals surface area contributed by atoms with Gasteiger partial charge in [0.2, 0.25) is 0 Å². The number of nitrogens with zero attached hydrogens (tertiary/aromatic N) is 1. The van der Waals surface area contributed by atoms with E-state index in [4.69, 9.17) is 16.3 Å². The molecule has 2 aromatic rings. The van der Waals surface area contributed by atoms with Crippen molar-refractivity contribution < 1.29 is 14.6 Å². The Morgan fingerprint density at radius 1 is 1.29 bits per heavy atom. The Labute approximate surface area is 126 Å². The number of carbonyl (C=O) groups is 1. The molecule has 1 heterocycles. The maximum Gasteiger partial charge on any atom is 0.337 e. The van der Waals surface area contributed by atoms with Gasteiger partial charge in [0.15, 0.2) is 0 Å². The van der Waals surface area contributed by atoms with Gasteiger partial charge in [0, 0.05) is 11.8 Å². The van der Waals surface area contributed by atoms with E-state index in [2.05, 4.69) is 0 Å². The first-order chi connectivity index (χ1) is 9.86. The van der Waals surface area contributed by atoms with Gasteiger partial charge in [-0.3, -0.25) is 9.36 Å². The average molecular weight is 308 g/mol. The Kier molecular flexibility index (Phi) is 4.04. The van der Waals surface area contributed by atoms with Gasteiger partial charge in [0.05, 0.1) is 23.4 Å². The molecule has 5 nitrogen and oxygen atoms in total. The molecule has 0 aliphatic rings. The van der Waals surface area contributed by atoms with E-state index in [-0.39, 0.29) is 11.1 Å².